The SMILES string of the molecule is N#Cc1ccc(-c2nc(C=CC(=O)O)no2)cc1. The second-order valence-electron chi connectivity index (χ2n) is 3.32. The van der Waals surface area contributed by atoms with Crippen LogP contribution in [0.4, 0.5) is 0 Å². The van der Waals surface area contributed by atoms with Crippen LogP contribution in [0.2, 0.25) is 0 Å². The molecular weight excluding hydrogens is 234 g/mol. The third kappa shape index (κ3) is 2.59. The van der Waals surface area contributed by atoms with Crippen molar-refractivity contribution in [1.29, 1.82) is 5.26 Å². The van der Waals surface area contributed by atoms with Crippen LogP contribution < -0.4 is 0 Å². The van der Waals surface area contributed by atoms with Crippen molar-refractivity contribution in [2.45, 2.75) is 0 Å². The van der Waals surface area contributed by atoms with Gasteiger partial charge in [0, 0.05) is 11.6 Å². The van der Waals surface area contributed by atoms with Crippen LogP contribution in [0.1, 0.15) is 11.4 Å². The Hall–Kier alpha value is -2.94. The van der Waals surface area contributed by atoms with Crippen LogP contribution in [-0.2, 0) is 4.79 Å². The largest absolute Gasteiger partial charge is 0.478 e. The van der Waals surface area contributed by atoms with E-state index in [0.29, 0.717) is 11.1 Å². The number of rotatable bonds is 3. The quantitative estimate of drug-likeness (QED) is 0.821. The first-order valence-corrected chi connectivity index (χ1v) is 4.94. The summed E-state index contributed by atoms with van der Waals surface area (Å²) in [6, 6.07) is 8.62. The molecule has 0 unspecified atom stereocenters. The number of aromatic nitrogens is 2. The summed E-state index contributed by atoms with van der Waals surface area (Å²) in [7, 11) is 0. The number of hydrogen-bond acceptors (Lipinski definition) is 5. The maximum Gasteiger partial charge on any atom is 0.328 e. The zero-order chi connectivity index (χ0) is 13.0. The molecule has 1 heterocycles. The Morgan fingerprint density at radius 2 is 2.11 bits per heavy atom. The number of nitriles is 1. The Bertz CT molecular complexity index is 635. The molecule has 0 spiro atoms. The van der Waals surface area contributed by atoms with E-state index in [4.69, 9.17) is 14.9 Å². The molecule has 18 heavy (non-hydrogen) atoms. The first-order chi connectivity index (χ1) is 8.69. The lowest BCUT2D eigenvalue weighted by Crippen LogP contribution is -1.86. The van der Waals surface area contributed by atoms with Crippen LogP contribution in [0.5, 0.6) is 0 Å². The Kier molecular flexibility index (Phi) is 3.16. The average Bonchev–Trinajstić information content (AvgIpc) is 2.85. The van der Waals surface area contributed by atoms with E-state index >= 15 is 0 Å². The van der Waals surface area contributed by atoms with Gasteiger partial charge < -0.3 is 9.63 Å². The topological polar surface area (TPSA) is 100 Å². The van der Waals surface area contributed by atoms with Crippen LogP contribution in [0.3, 0.4) is 0 Å². The molecule has 1 N–H and O–H groups in total. The minimum atomic E-state index is -1.08. The molecule has 0 aliphatic heterocycles. The fourth-order valence-electron chi connectivity index (χ4n) is 1.25. The fourth-order valence-corrected chi connectivity index (χ4v) is 1.25. The second-order valence-corrected chi connectivity index (χ2v) is 3.32. The van der Waals surface area contributed by atoms with E-state index in [1.165, 1.54) is 6.08 Å². The van der Waals surface area contributed by atoms with Gasteiger partial charge >= 0.3 is 5.97 Å². The van der Waals surface area contributed by atoms with Crippen LogP contribution in [0, 0.1) is 11.3 Å². The summed E-state index contributed by atoms with van der Waals surface area (Å²) in [5.41, 5.74) is 1.20. The molecule has 88 valence electrons. The summed E-state index contributed by atoms with van der Waals surface area (Å²) in [4.78, 5) is 14.3. The number of carboxylic acids is 1. The fraction of sp³-hybridized carbons (Fsp3) is 0. The molecule has 2 aromatic rings. The maximum absolute atomic E-state index is 10.3. The van der Waals surface area contributed by atoms with E-state index in [-0.39, 0.29) is 11.7 Å². The van der Waals surface area contributed by atoms with Crippen molar-refractivity contribution < 1.29 is 14.4 Å². The van der Waals surface area contributed by atoms with Gasteiger partial charge in [-0.2, -0.15) is 10.2 Å². The molecule has 6 heteroatoms. The average molecular weight is 241 g/mol. The highest BCUT2D eigenvalue weighted by Gasteiger charge is 2.06. The van der Waals surface area contributed by atoms with Crippen molar-refractivity contribution in [3.05, 3.63) is 41.7 Å². The lowest BCUT2D eigenvalue weighted by atomic mass is 10.1. The molecular formula is C12H7N3O3. The maximum atomic E-state index is 10.3. The zero-order valence-corrected chi connectivity index (χ0v) is 9.07. The third-order valence-corrected chi connectivity index (χ3v) is 2.08. The smallest absolute Gasteiger partial charge is 0.328 e. The van der Waals surface area contributed by atoms with E-state index < -0.39 is 5.97 Å². The normalized spacial score (nSPS) is 10.4. The summed E-state index contributed by atoms with van der Waals surface area (Å²) < 4.78 is 4.97. The lowest BCUT2D eigenvalue weighted by molar-refractivity contribution is -0.131. The Balaban J connectivity index is 2.24. The van der Waals surface area contributed by atoms with Crippen molar-refractivity contribution in [2.24, 2.45) is 0 Å². The van der Waals surface area contributed by atoms with E-state index in [9.17, 15) is 4.79 Å². The molecule has 6 nitrogen and oxygen atoms in total. The van der Waals surface area contributed by atoms with Gasteiger partial charge in [-0.3, -0.25) is 0 Å². The van der Waals surface area contributed by atoms with Crippen LogP contribution in [0.15, 0.2) is 34.9 Å². The van der Waals surface area contributed by atoms with Gasteiger partial charge in [0.05, 0.1) is 11.6 Å². The summed E-state index contributed by atoms with van der Waals surface area (Å²) >= 11 is 0. The molecule has 0 saturated heterocycles. The van der Waals surface area contributed by atoms with Crippen molar-refractivity contribution in [1.82, 2.24) is 10.1 Å². The minimum Gasteiger partial charge on any atom is -0.478 e. The number of carboxylic acid groups (broad SMARTS) is 1. The summed E-state index contributed by atoms with van der Waals surface area (Å²) in [5, 5.41) is 20.7. The number of aliphatic carboxylic acids is 1. The highest BCUT2D eigenvalue weighted by Crippen LogP contribution is 2.17. The highest BCUT2D eigenvalue weighted by atomic mass is 16.5. The molecule has 1 aromatic heterocycles. The molecule has 1 aromatic carbocycles. The van der Waals surface area contributed by atoms with Gasteiger partial charge in [-0.25, -0.2) is 4.79 Å². The predicted molar refractivity (Wildman–Crippen MR) is 61.1 cm³/mol. The van der Waals surface area contributed by atoms with E-state index in [0.717, 1.165) is 6.08 Å². The van der Waals surface area contributed by atoms with Gasteiger partial charge in [-0.1, -0.05) is 5.16 Å². The lowest BCUT2D eigenvalue weighted by Gasteiger charge is -1.92. The molecule has 2 rings (SSSR count). The minimum absolute atomic E-state index is 0.178. The van der Waals surface area contributed by atoms with Gasteiger partial charge in [0.1, 0.15) is 0 Å². The van der Waals surface area contributed by atoms with E-state index in [1.54, 1.807) is 24.3 Å². The van der Waals surface area contributed by atoms with Crippen molar-refractivity contribution in [3.63, 3.8) is 0 Å². The van der Waals surface area contributed by atoms with Crippen LogP contribution >= 0.6 is 0 Å². The summed E-state index contributed by atoms with van der Waals surface area (Å²) in [5.74, 6) is -0.638. The summed E-state index contributed by atoms with van der Waals surface area (Å²) in [6.45, 7) is 0. The molecule has 0 bridgehead atoms. The number of nitrogens with zero attached hydrogens (tertiary/aromatic N) is 3. The molecule has 0 saturated carbocycles. The molecule has 0 aliphatic carbocycles. The van der Waals surface area contributed by atoms with Gasteiger partial charge in [0.15, 0.2) is 5.82 Å². The standard InChI is InChI=1S/C12H7N3O3/c13-7-8-1-3-9(4-2-8)12-14-10(15-18-12)5-6-11(16)17/h1-6H,(H,16,17). The van der Waals surface area contributed by atoms with Crippen molar-refractivity contribution in [3.8, 4) is 17.5 Å². The Morgan fingerprint density at radius 3 is 2.72 bits per heavy atom. The zero-order valence-electron chi connectivity index (χ0n) is 9.07. The molecule has 0 radical (unpaired) electrons. The van der Waals surface area contributed by atoms with Crippen molar-refractivity contribution in [2.75, 3.05) is 0 Å². The van der Waals surface area contributed by atoms with Gasteiger partial charge in [-0.15, -0.1) is 0 Å². The van der Waals surface area contributed by atoms with Gasteiger partial charge in [0.2, 0.25) is 0 Å². The third-order valence-electron chi connectivity index (χ3n) is 2.08. The monoisotopic (exact) mass is 241 g/mol. The number of hydrogen-bond donors (Lipinski definition) is 1. The number of carbonyl (C=O) groups is 1. The Morgan fingerprint density at radius 1 is 1.39 bits per heavy atom. The molecule has 0 aliphatic rings. The van der Waals surface area contributed by atoms with Crippen LogP contribution in [0.25, 0.3) is 17.5 Å². The van der Waals surface area contributed by atoms with Gasteiger partial charge in [-0.05, 0) is 30.3 Å². The second kappa shape index (κ2) is 4.93. The summed E-state index contributed by atoms with van der Waals surface area (Å²) in [6.07, 6.45) is 2.16. The molecule has 0 fully saturated rings. The Labute approximate surface area is 102 Å². The van der Waals surface area contributed by atoms with Crippen LogP contribution in [-0.4, -0.2) is 21.2 Å². The van der Waals surface area contributed by atoms with E-state index in [1.807, 2.05) is 6.07 Å². The first kappa shape index (κ1) is 11.5. The van der Waals surface area contributed by atoms with E-state index in [2.05, 4.69) is 10.1 Å². The number of benzene rings is 1. The van der Waals surface area contributed by atoms with Crippen molar-refractivity contribution >= 4 is 12.0 Å². The predicted octanol–water partition coefficient (Wildman–Crippen LogP) is 1.71. The molecule has 0 atom stereocenters. The first-order valence-electron chi connectivity index (χ1n) is 4.94. The van der Waals surface area contributed by atoms with Gasteiger partial charge in [0.25, 0.3) is 5.89 Å². The highest BCUT2D eigenvalue weighted by molar-refractivity contribution is 5.84. The molecule has 0 amide bonds.